The molecule has 1 heterocycles. The Bertz CT molecular complexity index is 470. The van der Waals surface area contributed by atoms with Crippen molar-refractivity contribution < 1.29 is 9.53 Å². The minimum absolute atomic E-state index is 0.0453. The summed E-state index contributed by atoms with van der Waals surface area (Å²) in [5, 5.41) is 3.04. The van der Waals surface area contributed by atoms with Gasteiger partial charge in [-0.05, 0) is 25.8 Å². The fourth-order valence-corrected chi connectivity index (χ4v) is 2.70. The van der Waals surface area contributed by atoms with Gasteiger partial charge >= 0.3 is 0 Å². The molecule has 21 heavy (non-hydrogen) atoms. The molecule has 3 N–H and O–H groups in total. The van der Waals surface area contributed by atoms with Crippen molar-refractivity contribution in [2.45, 2.75) is 31.8 Å². The number of likely N-dealkylation sites (tertiary alicyclic amines) is 1. The standard InChI is InChI=1S/C16H25N3O2/c1-12(14-5-3-4-6-15(14)21-2)18-16(20)11-19-9-7-13(17)8-10-19/h3-6,12-13H,7-11,17H2,1-2H3,(H,18,20). The number of carbonyl (C=O) groups is 1. The average molecular weight is 291 g/mol. The van der Waals surface area contributed by atoms with Crippen LogP contribution in [0.5, 0.6) is 5.75 Å². The molecule has 1 amide bonds. The maximum Gasteiger partial charge on any atom is 0.234 e. The maximum atomic E-state index is 12.2. The van der Waals surface area contributed by atoms with Gasteiger partial charge in [0.05, 0.1) is 19.7 Å². The van der Waals surface area contributed by atoms with E-state index in [4.69, 9.17) is 10.5 Å². The van der Waals surface area contributed by atoms with Crippen LogP contribution in [0.3, 0.4) is 0 Å². The number of para-hydroxylation sites is 1. The van der Waals surface area contributed by atoms with E-state index in [1.54, 1.807) is 7.11 Å². The molecule has 5 nitrogen and oxygen atoms in total. The normalized spacial score (nSPS) is 18.2. The van der Waals surface area contributed by atoms with E-state index in [1.807, 2.05) is 31.2 Å². The Morgan fingerprint density at radius 2 is 2.10 bits per heavy atom. The zero-order valence-electron chi connectivity index (χ0n) is 12.8. The first-order chi connectivity index (χ1) is 10.1. The van der Waals surface area contributed by atoms with Gasteiger partial charge in [0.15, 0.2) is 0 Å². The molecule has 1 aliphatic rings. The van der Waals surface area contributed by atoms with E-state index in [2.05, 4.69) is 10.2 Å². The largest absolute Gasteiger partial charge is 0.496 e. The summed E-state index contributed by atoms with van der Waals surface area (Å²) in [6, 6.07) is 7.98. The van der Waals surface area contributed by atoms with Crippen LogP contribution in [-0.2, 0) is 4.79 Å². The lowest BCUT2D eigenvalue weighted by Crippen LogP contribution is -2.44. The fourth-order valence-electron chi connectivity index (χ4n) is 2.70. The van der Waals surface area contributed by atoms with Crippen LogP contribution in [0.2, 0.25) is 0 Å². The second kappa shape index (κ2) is 7.43. The number of carbonyl (C=O) groups excluding carboxylic acids is 1. The molecule has 2 rings (SSSR count). The molecule has 0 aromatic heterocycles. The highest BCUT2D eigenvalue weighted by Gasteiger charge is 2.20. The molecular weight excluding hydrogens is 266 g/mol. The van der Waals surface area contributed by atoms with Gasteiger partial charge in [-0.1, -0.05) is 18.2 Å². The summed E-state index contributed by atoms with van der Waals surface area (Å²) in [7, 11) is 1.64. The Labute approximate surface area is 126 Å². The van der Waals surface area contributed by atoms with Crippen molar-refractivity contribution in [3.8, 4) is 5.75 Å². The van der Waals surface area contributed by atoms with Crippen molar-refractivity contribution in [1.29, 1.82) is 0 Å². The van der Waals surface area contributed by atoms with Crippen molar-refractivity contribution in [2.24, 2.45) is 5.73 Å². The molecule has 0 bridgehead atoms. The first-order valence-electron chi connectivity index (χ1n) is 7.50. The number of nitrogens with two attached hydrogens (primary N) is 1. The van der Waals surface area contributed by atoms with E-state index in [9.17, 15) is 4.79 Å². The summed E-state index contributed by atoms with van der Waals surface area (Å²) < 4.78 is 5.33. The van der Waals surface area contributed by atoms with Crippen molar-refractivity contribution in [3.63, 3.8) is 0 Å². The summed E-state index contributed by atoms with van der Waals surface area (Å²) >= 11 is 0. The molecule has 0 aliphatic carbocycles. The van der Waals surface area contributed by atoms with Crippen molar-refractivity contribution in [1.82, 2.24) is 10.2 Å². The summed E-state index contributed by atoms with van der Waals surface area (Å²) in [6.07, 6.45) is 1.94. The summed E-state index contributed by atoms with van der Waals surface area (Å²) in [5.41, 5.74) is 6.87. The number of nitrogens with zero attached hydrogens (tertiary/aromatic N) is 1. The topological polar surface area (TPSA) is 67.6 Å². The first kappa shape index (κ1) is 15.8. The van der Waals surface area contributed by atoms with Crippen molar-refractivity contribution in [2.75, 3.05) is 26.7 Å². The van der Waals surface area contributed by atoms with Gasteiger partial charge in [-0.25, -0.2) is 0 Å². The van der Waals surface area contributed by atoms with Crippen molar-refractivity contribution in [3.05, 3.63) is 29.8 Å². The number of hydrogen-bond donors (Lipinski definition) is 2. The van der Waals surface area contributed by atoms with Gasteiger partial charge in [0.1, 0.15) is 5.75 Å². The fraction of sp³-hybridized carbons (Fsp3) is 0.562. The molecule has 5 heteroatoms. The molecular formula is C16H25N3O2. The quantitative estimate of drug-likeness (QED) is 0.858. The lowest BCUT2D eigenvalue weighted by atomic mass is 10.1. The maximum absolute atomic E-state index is 12.2. The van der Waals surface area contributed by atoms with Crippen LogP contribution in [0.4, 0.5) is 0 Å². The van der Waals surface area contributed by atoms with E-state index in [0.717, 1.165) is 37.2 Å². The SMILES string of the molecule is COc1ccccc1C(C)NC(=O)CN1CCC(N)CC1. The van der Waals surface area contributed by atoms with Crippen LogP contribution in [0.1, 0.15) is 31.4 Å². The van der Waals surface area contributed by atoms with Gasteiger partial charge in [0.25, 0.3) is 0 Å². The minimum atomic E-state index is -0.0688. The molecule has 1 unspecified atom stereocenters. The zero-order valence-corrected chi connectivity index (χ0v) is 12.8. The summed E-state index contributed by atoms with van der Waals surface area (Å²) in [4.78, 5) is 14.3. The number of rotatable bonds is 5. The molecule has 1 aromatic carbocycles. The molecule has 1 fully saturated rings. The third-order valence-electron chi connectivity index (χ3n) is 3.98. The third-order valence-corrected chi connectivity index (χ3v) is 3.98. The predicted octanol–water partition coefficient (Wildman–Crippen LogP) is 1.30. The molecule has 0 radical (unpaired) electrons. The zero-order chi connectivity index (χ0) is 15.2. The van der Waals surface area contributed by atoms with Crippen LogP contribution in [-0.4, -0.2) is 43.6 Å². The highest BCUT2D eigenvalue weighted by atomic mass is 16.5. The Morgan fingerprint density at radius 3 is 2.76 bits per heavy atom. The van der Waals surface area contributed by atoms with E-state index < -0.39 is 0 Å². The van der Waals surface area contributed by atoms with E-state index in [0.29, 0.717) is 6.54 Å². The number of amides is 1. The lowest BCUT2D eigenvalue weighted by Gasteiger charge is -2.29. The van der Waals surface area contributed by atoms with Gasteiger partial charge in [-0.15, -0.1) is 0 Å². The van der Waals surface area contributed by atoms with Crippen LogP contribution in [0.25, 0.3) is 0 Å². The van der Waals surface area contributed by atoms with Gasteiger partial charge < -0.3 is 15.8 Å². The monoisotopic (exact) mass is 291 g/mol. The Kier molecular flexibility index (Phi) is 5.59. The molecule has 0 saturated carbocycles. The number of ether oxygens (including phenoxy) is 1. The Balaban J connectivity index is 1.87. The van der Waals surface area contributed by atoms with Crippen LogP contribution >= 0.6 is 0 Å². The van der Waals surface area contributed by atoms with Crippen LogP contribution < -0.4 is 15.8 Å². The summed E-state index contributed by atoms with van der Waals surface area (Å²) in [6.45, 7) is 4.21. The smallest absolute Gasteiger partial charge is 0.234 e. The Hall–Kier alpha value is -1.59. The Morgan fingerprint density at radius 1 is 1.43 bits per heavy atom. The van der Waals surface area contributed by atoms with E-state index >= 15 is 0 Å². The van der Waals surface area contributed by atoms with Gasteiger partial charge in [-0.3, -0.25) is 9.69 Å². The number of nitrogens with one attached hydrogen (secondary N) is 1. The number of hydrogen-bond acceptors (Lipinski definition) is 4. The van der Waals surface area contributed by atoms with E-state index in [1.165, 1.54) is 0 Å². The molecule has 1 atom stereocenters. The van der Waals surface area contributed by atoms with Crippen LogP contribution in [0, 0.1) is 0 Å². The number of methoxy groups -OCH3 is 1. The second-order valence-electron chi connectivity index (χ2n) is 5.64. The van der Waals surface area contributed by atoms with Gasteiger partial charge in [-0.2, -0.15) is 0 Å². The highest BCUT2D eigenvalue weighted by molar-refractivity contribution is 5.78. The van der Waals surface area contributed by atoms with Gasteiger partial charge in [0, 0.05) is 24.7 Å². The third kappa shape index (κ3) is 4.44. The van der Waals surface area contributed by atoms with Gasteiger partial charge in [0.2, 0.25) is 5.91 Å². The predicted molar refractivity (Wildman–Crippen MR) is 83.2 cm³/mol. The first-order valence-corrected chi connectivity index (χ1v) is 7.50. The lowest BCUT2D eigenvalue weighted by molar-refractivity contribution is -0.123. The summed E-state index contributed by atoms with van der Waals surface area (Å²) in [5.74, 6) is 0.845. The molecule has 1 aliphatic heterocycles. The van der Waals surface area contributed by atoms with Crippen molar-refractivity contribution >= 4 is 5.91 Å². The second-order valence-corrected chi connectivity index (χ2v) is 5.64. The number of benzene rings is 1. The molecule has 1 aromatic rings. The van der Waals surface area contributed by atoms with Crippen LogP contribution in [0.15, 0.2) is 24.3 Å². The molecule has 1 saturated heterocycles. The minimum Gasteiger partial charge on any atom is -0.496 e. The van der Waals surface area contributed by atoms with E-state index in [-0.39, 0.29) is 18.0 Å². The molecule has 116 valence electrons. The highest BCUT2D eigenvalue weighted by Crippen LogP contribution is 2.24. The molecule has 0 spiro atoms. The number of piperidine rings is 1. The average Bonchev–Trinajstić information content (AvgIpc) is 2.49.